The van der Waals surface area contributed by atoms with Crippen LogP contribution in [0.1, 0.15) is 46.8 Å². The zero-order chi connectivity index (χ0) is 22.1. The largest absolute Gasteiger partial charge is 0.465 e. The van der Waals surface area contributed by atoms with Gasteiger partial charge in [-0.1, -0.05) is 12.1 Å². The number of methoxy groups -OCH3 is 1. The summed E-state index contributed by atoms with van der Waals surface area (Å²) in [6.45, 7) is 1.51. The van der Waals surface area contributed by atoms with Crippen molar-refractivity contribution in [3.63, 3.8) is 0 Å². The molecule has 1 aromatic carbocycles. The number of nitrogens with one attached hydrogen (secondary N) is 1. The maximum absolute atomic E-state index is 12.5. The number of ether oxygens (including phenoxy) is 2. The van der Waals surface area contributed by atoms with Gasteiger partial charge in [-0.25, -0.2) is 9.78 Å². The monoisotopic (exact) mass is 410 g/mol. The van der Waals surface area contributed by atoms with E-state index in [1.807, 2.05) is 18.2 Å². The summed E-state index contributed by atoms with van der Waals surface area (Å²) in [6, 6.07) is 11.7. The number of aromatic nitrogens is 1. The highest BCUT2D eigenvalue weighted by Gasteiger charge is 2.25. The van der Waals surface area contributed by atoms with Gasteiger partial charge < -0.3 is 20.5 Å². The minimum absolute atomic E-state index is 0.0483. The number of nitrogens with two attached hydrogens (primary N) is 1. The van der Waals surface area contributed by atoms with Crippen LogP contribution < -0.4 is 11.1 Å². The number of carbonyl (C=O) groups excluding carboxylic acids is 3. The fourth-order valence-electron chi connectivity index (χ4n) is 2.66. The molecule has 2 rings (SSSR count). The van der Waals surface area contributed by atoms with Gasteiger partial charge >= 0.3 is 11.9 Å². The number of hydrogen-bond donors (Lipinski definition) is 2. The summed E-state index contributed by atoms with van der Waals surface area (Å²) in [5.74, 6) is -1.61. The van der Waals surface area contributed by atoms with Crippen molar-refractivity contribution in [3.05, 3.63) is 58.9 Å². The molecule has 1 heterocycles. The van der Waals surface area contributed by atoms with E-state index in [0.717, 1.165) is 5.56 Å². The Morgan fingerprint density at radius 3 is 2.50 bits per heavy atom. The first kappa shape index (κ1) is 22.4. The third kappa shape index (κ3) is 6.04. The molecule has 0 fully saturated rings. The Labute approximate surface area is 173 Å². The van der Waals surface area contributed by atoms with Gasteiger partial charge in [0.15, 0.2) is 5.69 Å². The van der Waals surface area contributed by atoms with Gasteiger partial charge in [0, 0.05) is 13.5 Å². The number of amides is 1. The molecule has 2 aromatic rings. The van der Waals surface area contributed by atoms with Gasteiger partial charge in [-0.15, -0.1) is 0 Å². The minimum Gasteiger partial charge on any atom is -0.465 e. The predicted octanol–water partition coefficient (Wildman–Crippen LogP) is 1.68. The average Bonchev–Trinajstić information content (AvgIpc) is 2.75. The summed E-state index contributed by atoms with van der Waals surface area (Å²) in [6.07, 6.45) is 0.00227. The number of carbonyl (C=O) groups is 3. The van der Waals surface area contributed by atoms with Crippen molar-refractivity contribution in [1.29, 1.82) is 5.26 Å². The SMILES string of the molecule is COC(=O)c1ccc(CCCNC(=O)C(OC(C)=O)c2ccc(N)c(C#N)n2)cc1. The van der Waals surface area contributed by atoms with Crippen molar-refractivity contribution in [2.75, 3.05) is 19.4 Å². The molecule has 30 heavy (non-hydrogen) atoms. The van der Waals surface area contributed by atoms with Gasteiger partial charge in [-0.05, 0) is 42.7 Å². The van der Waals surface area contributed by atoms with Gasteiger partial charge in [0.05, 0.1) is 24.1 Å². The lowest BCUT2D eigenvalue weighted by Crippen LogP contribution is -2.33. The minimum atomic E-state index is -1.28. The standard InChI is InChI=1S/C21H22N4O5/c1-13(26)30-19(17-10-9-16(23)18(12-22)25-17)20(27)24-11-3-4-14-5-7-15(8-6-14)21(28)29-2/h5-10,19H,3-4,11,23H2,1-2H3,(H,24,27). The molecular formula is C21H22N4O5. The predicted molar refractivity (Wildman–Crippen MR) is 107 cm³/mol. The third-order valence-corrected chi connectivity index (χ3v) is 4.16. The van der Waals surface area contributed by atoms with Crippen LogP contribution in [0.5, 0.6) is 0 Å². The first-order valence-electron chi connectivity index (χ1n) is 9.14. The van der Waals surface area contributed by atoms with Crippen molar-refractivity contribution in [3.8, 4) is 6.07 Å². The number of esters is 2. The van der Waals surface area contributed by atoms with Crippen LogP contribution in [0.4, 0.5) is 5.69 Å². The Hall–Kier alpha value is -3.93. The second-order valence-corrected chi connectivity index (χ2v) is 6.36. The molecular weight excluding hydrogens is 388 g/mol. The summed E-state index contributed by atoms with van der Waals surface area (Å²) in [4.78, 5) is 39.4. The molecule has 0 bridgehead atoms. The molecule has 9 heteroatoms. The summed E-state index contributed by atoms with van der Waals surface area (Å²) in [5.41, 5.74) is 7.34. The van der Waals surface area contributed by atoms with E-state index in [2.05, 4.69) is 15.0 Å². The Kier molecular flexibility index (Phi) is 7.88. The second kappa shape index (κ2) is 10.6. The lowest BCUT2D eigenvalue weighted by molar-refractivity contribution is -0.154. The van der Waals surface area contributed by atoms with Crippen molar-refractivity contribution in [2.24, 2.45) is 0 Å². The lowest BCUT2D eigenvalue weighted by atomic mass is 10.1. The van der Waals surface area contributed by atoms with Gasteiger partial charge in [0.1, 0.15) is 6.07 Å². The number of pyridine rings is 1. The van der Waals surface area contributed by atoms with E-state index < -0.39 is 23.9 Å². The van der Waals surface area contributed by atoms with E-state index in [-0.39, 0.29) is 17.1 Å². The van der Waals surface area contributed by atoms with Crippen LogP contribution >= 0.6 is 0 Å². The van der Waals surface area contributed by atoms with E-state index in [1.54, 1.807) is 12.1 Å². The highest BCUT2D eigenvalue weighted by Crippen LogP contribution is 2.19. The number of nitrogens with zero attached hydrogens (tertiary/aromatic N) is 2. The van der Waals surface area contributed by atoms with Crippen LogP contribution in [-0.2, 0) is 25.5 Å². The smallest absolute Gasteiger partial charge is 0.337 e. The number of nitrogen functional groups attached to an aromatic ring is 1. The fraction of sp³-hybridized carbons (Fsp3) is 0.286. The molecule has 0 spiro atoms. The zero-order valence-corrected chi connectivity index (χ0v) is 16.7. The molecule has 1 amide bonds. The van der Waals surface area contributed by atoms with Gasteiger partial charge in [-0.2, -0.15) is 5.26 Å². The first-order valence-corrected chi connectivity index (χ1v) is 9.14. The van der Waals surface area contributed by atoms with Crippen LogP contribution in [-0.4, -0.2) is 36.5 Å². The summed E-state index contributed by atoms with van der Waals surface area (Å²) >= 11 is 0. The first-order chi connectivity index (χ1) is 14.3. The van der Waals surface area contributed by atoms with E-state index in [1.165, 1.54) is 26.2 Å². The van der Waals surface area contributed by atoms with Crippen LogP contribution in [0, 0.1) is 11.3 Å². The van der Waals surface area contributed by atoms with Crippen molar-refractivity contribution < 1.29 is 23.9 Å². The molecule has 0 aliphatic carbocycles. The van der Waals surface area contributed by atoms with Crippen molar-refractivity contribution >= 4 is 23.5 Å². The van der Waals surface area contributed by atoms with Crippen LogP contribution in [0.25, 0.3) is 0 Å². The number of nitriles is 1. The molecule has 1 aromatic heterocycles. The highest BCUT2D eigenvalue weighted by molar-refractivity contribution is 5.89. The molecule has 0 saturated carbocycles. The van der Waals surface area contributed by atoms with E-state index in [9.17, 15) is 14.4 Å². The van der Waals surface area contributed by atoms with Crippen LogP contribution in [0.15, 0.2) is 36.4 Å². The Bertz CT molecular complexity index is 966. The molecule has 9 nitrogen and oxygen atoms in total. The Morgan fingerprint density at radius 1 is 1.20 bits per heavy atom. The number of benzene rings is 1. The van der Waals surface area contributed by atoms with E-state index in [4.69, 9.17) is 15.7 Å². The maximum Gasteiger partial charge on any atom is 0.337 e. The normalized spacial score (nSPS) is 11.1. The number of rotatable bonds is 8. The van der Waals surface area contributed by atoms with E-state index >= 15 is 0 Å². The van der Waals surface area contributed by atoms with Crippen LogP contribution in [0.2, 0.25) is 0 Å². The topological polar surface area (TPSA) is 144 Å². The highest BCUT2D eigenvalue weighted by atomic mass is 16.5. The quantitative estimate of drug-likeness (QED) is 0.494. The maximum atomic E-state index is 12.5. The van der Waals surface area contributed by atoms with Crippen LogP contribution in [0.3, 0.4) is 0 Å². The van der Waals surface area contributed by atoms with Gasteiger partial charge in [-0.3, -0.25) is 9.59 Å². The molecule has 1 unspecified atom stereocenters. The van der Waals surface area contributed by atoms with Gasteiger partial charge in [0.25, 0.3) is 5.91 Å². The lowest BCUT2D eigenvalue weighted by Gasteiger charge is -2.17. The molecule has 156 valence electrons. The molecule has 0 aliphatic heterocycles. The van der Waals surface area contributed by atoms with Crippen molar-refractivity contribution in [2.45, 2.75) is 25.9 Å². The molecule has 0 radical (unpaired) electrons. The van der Waals surface area contributed by atoms with Crippen molar-refractivity contribution in [1.82, 2.24) is 10.3 Å². The summed E-state index contributed by atoms with van der Waals surface area (Å²) < 4.78 is 9.75. The summed E-state index contributed by atoms with van der Waals surface area (Å²) in [7, 11) is 1.32. The molecule has 1 atom stereocenters. The number of hydrogen-bond acceptors (Lipinski definition) is 8. The Morgan fingerprint density at radius 2 is 1.90 bits per heavy atom. The second-order valence-electron chi connectivity index (χ2n) is 6.36. The fourth-order valence-corrected chi connectivity index (χ4v) is 2.66. The molecule has 0 aliphatic rings. The molecule has 0 saturated heterocycles. The molecule has 3 N–H and O–H groups in total. The zero-order valence-electron chi connectivity index (χ0n) is 16.7. The number of anilines is 1. The third-order valence-electron chi connectivity index (χ3n) is 4.16. The van der Waals surface area contributed by atoms with Gasteiger partial charge in [0.2, 0.25) is 6.10 Å². The Balaban J connectivity index is 1.95. The summed E-state index contributed by atoms with van der Waals surface area (Å²) in [5, 5.41) is 11.8. The average molecular weight is 410 g/mol. The van der Waals surface area contributed by atoms with E-state index in [0.29, 0.717) is 24.9 Å². The number of aryl methyl sites for hydroxylation is 1.